The van der Waals surface area contributed by atoms with Crippen LogP contribution in [0, 0.1) is 0 Å². The summed E-state index contributed by atoms with van der Waals surface area (Å²) in [7, 11) is 2.15. The highest BCUT2D eigenvalue weighted by Gasteiger charge is 2.21. The van der Waals surface area contributed by atoms with E-state index < -0.39 is 0 Å². The van der Waals surface area contributed by atoms with Crippen LogP contribution in [0.2, 0.25) is 0 Å². The molecular weight excluding hydrogens is 266 g/mol. The van der Waals surface area contributed by atoms with E-state index in [1.807, 2.05) is 12.1 Å². The van der Waals surface area contributed by atoms with Crippen LogP contribution in [-0.4, -0.2) is 37.0 Å². The minimum atomic E-state index is 0.0550. The van der Waals surface area contributed by atoms with Crippen LogP contribution in [0.3, 0.4) is 0 Å². The number of ether oxygens (including phenoxy) is 1. The van der Waals surface area contributed by atoms with Crippen LogP contribution in [0.1, 0.15) is 31.2 Å². The van der Waals surface area contributed by atoms with E-state index in [1.165, 1.54) is 19.3 Å². The fourth-order valence-electron chi connectivity index (χ4n) is 3.09. The molecule has 5 heteroatoms. The lowest BCUT2D eigenvalue weighted by atomic mass is 10.0. The molecule has 114 valence electrons. The molecule has 1 fully saturated rings. The summed E-state index contributed by atoms with van der Waals surface area (Å²) in [4.78, 5) is 13.8. The molecule has 2 aliphatic heterocycles. The van der Waals surface area contributed by atoms with Crippen LogP contribution in [0.15, 0.2) is 12.1 Å². The van der Waals surface area contributed by atoms with Crippen molar-refractivity contribution in [1.29, 1.82) is 0 Å². The largest absolute Gasteiger partial charge is 0.490 e. The first kappa shape index (κ1) is 14.2. The topological polar surface area (TPSA) is 67.6 Å². The average molecular weight is 289 g/mol. The van der Waals surface area contributed by atoms with Gasteiger partial charge < -0.3 is 20.7 Å². The first-order chi connectivity index (χ1) is 10.1. The summed E-state index contributed by atoms with van der Waals surface area (Å²) >= 11 is 0. The number of likely N-dealkylation sites (tertiary alicyclic amines) is 1. The molecule has 0 saturated carbocycles. The summed E-state index contributed by atoms with van der Waals surface area (Å²) in [6, 6.07) is 4.26. The number of rotatable bonds is 3. The summed E-state index contributed by atoms with van der Waals surface area (Å²) < 4.78 is 5.96. The Hall–Kier alpha value is -1.75. The maximum Gasteiger partial charge on any atom is 0.224 e. The highest BCUT2D eigenvalue weighted by molar-refractivity contribution is 5.94. The maximum atomic E-state index is 11.4. The van der Waals surface area contributed by atoms with Gasteiger partial charge in [0.15, 0.2) is 0 Å². The quantitative estimate of drug-likeness (QED) is 0.835. The summed E-state index contributed by atoms with van der Waals surface area (Å²) in [6.45, 7) is 1.81. The van der Waals surface area contributed by atoms with Gasteiger partial charge in [0.1, 0.15) is 12.4 Å². The van der Waals surface area contributed by atoms with Gasteiger partial charge in [0.2, 0.25) is 5.91 Å². The Kier molecular flexibility index (Phi) is 4.01. The minimum absolute atomic E-state index is 0.0550. The van der Waals surface area contributed by atoms with E-state index >= 15 is 0 Å². The lowest BCUT2D eigenvalue weighted by molar-refractivity contribution is -0.116. The Morgan fingerprint density at radius 1 is 1.38 bits per heavy atom. The molecule has 1 aromatic carbocycles. The minimum Gasteiger partial charge on any atom is -0.490 e. The molecule has 1 unspecified atom stereocenters. The van der Waals surface area contributed by atoms with Crippen molar-refractivity contribution in [2.24, 2.45) is 0 Å². The normalized spacial score (nSPS) is 22.5. The summed E-state index contributed by atoms with van der Waals surface area (Å²) in [5.74, 6) is 0.795. The number of anilines is 2. The molecule has 5 nitrogen and oxygen atoms in total. The number of amides is 1. The number of nitrogens with two attached hydrogens (primary N) is 1. The number of likely N-dealkylation sites (N-methyl/N-ethyl adjacent to an activating group) is 1. The molecule has 2 aliphatic rings. The van der Waals surface area contributed by atoms with Gasteiger partial charge in [0.25, 0.3) is 0 Å². The van der Waals surface area contributed by atoms with Crippen molar-refractivity contribution in [2.75, 3.05) is 31.2 Å². The molecule has 0 aliphatic carbocycles. The van der Waals surface area contributed by atoms with E-state index in [0.29, 0.717) is 24.8 Å². The molecular formula is C16H23N3O2. The van der Waals surface area contributed by atoms with Crippen LogP contribution in [-0.2, 0) is 11.2 Å². The first-order valence-electron chi connectivity index (χ1n) is 7.69. The molecule has 0 aromatic heterocycles. The van der Waals surface area contributed by atoms with Crippen molar-refractivity contribution in [3.05, 3.63) is 17.7 Å². The lowest BCUT2D eigenvalue weighted by Gasteiger charge is -2.32. The van der Waals surface area contributed by atoms with Crippen LogP contribution >= 0.6 is 0 Å². The van der Waals surface area contributed by atoms with Gasteiger partial charge in [0, 0.05) is 18.2 Å². The number of carbonyl (C=O) groups excluding carboxylic acids is 1. The zero-order chi connectivity index (χ0) is 14.8. The summed E-state index contributed by atoms with van der Waals surface area (Å²) in [5.41, 5.74) is 8.57. The second kappa shape index (κ2) is 5.93. The molecule has 0 bridgehead atoms. The Balaban J connectivity index is 1.69. The van der Waals surface area contributed by atoms with E-state index in [-0.39, 0.29) is 5.91 Å². The second-order valence-corrected chi connectivity index (χ2v) is 6.04. The van der Waals surface area contributed by atoms with E-state index in [4.69, 9.17) is 10.5 Å². The van der Waals surface area contributed by atoms with E-state index in [9.17, 15) is 4.79 Å². The van der Waals surface area contributed by atoms with Gasteiger partial charge in [-0.2, -0.15) is 0 Å². The SMILES string of the molecule is CN1CCCCC1COc1cc2c(cc1N)NC(=O)CC2. The van der Waals surface area contributed by atoms with Gasteiger partial charge in [0.05, 0.1) is 5.69 Å². The van der Waals surface area contributed by atoms with Crippen LogP contribution in [0.4, 0.5) is 11.4 Å². The smallest absolute Gasteiger partial charge is 0.224 e. The van der Waals surface area contributed by atoms with Crippen molar-refractivity contribution in [1.82, 2.24) is 4.90 Å². The van der Waals surface area contributed by atoms with Gasteiger partial charge in [-0.15, -0.1) is 0 Å². The first-order valence-corrected chi connectivity index (χ1v) is 7.69. The Morgan fingerprint density at radius 3 is 3.05 bits per heavy atom. The number of nitrogen functional groups attached to an aromatic ring is 1. The molecule has 3 rings (SSSR count). The highest BCUT2D eigenvalue weighted by Crippen LogP contribution is 2.32. The van der Waals surface area contributed by atoms with Gasteiger partial charge in [-0.3, -0.25) is 4.79 Å². The number of fused-ring (bicyclic) bond motifs is 1. The number of benzene rings is 1. The number of aryl methyl sites for hydroxylation is 1. The zero-order valence-corrected chi connectivity index (χ0v) is 12.5. The number of carbonyl (C=O) groups is 1. The molecule has 1 aromatic rings. The fraction of sp³-hybridized carbons (Fsp3) is 0.562. The van der Waals surface area contributed by atoms with Crippen LogP contribution < -0.4 is 15.8 Å². The third kappa shape index (κ3) is 3.13. The number of nitrogens with zero attached hydrogens (tertiary/aromatic N) is 1. The van der Waals surface area contributed by atoms with Gasteiger partial charge in [-0.1, -0.05) is 6.42 Å². The highest BCUT2D eigenvalue weighted by atomic mass is 16.5. The van der Waals surface area contributed by atoms with Gasteiger partial charge >= 0.3 is 0 Å². The second-order valence-electron chi connectivity index (χ2n) is 6.04. The predicted molar refractivity (Wildman–Crippen MR) is 83.6 cm³/mol. The third-order valence-corrected chi connectivity index (χ3v) is 4.48. The third-order valence-electron chi connectivity index (χ3n) is 4.48. The molecule has 0 radical (unpaired) electrons. The molecule has 2 heterocycles. The van der Waals surface area contributed by atoms with E-state index in [2.05, 4.69) is 17.3 Å². The van der Waals surface area contributed by atoms with Crippen molar-refractivity contribution in [3.63, 3.8) is 0 Å². The summed E-state index contributed by atoms with van der Waals surface area (Å²) in [6.07, 6.45) is 5.00. The molecule has 21 heavy (non-hydrogen) atoms. The maximum absolute atomic E-state index is 11.4. The van der Waals surface area contributed by atoms with Crippen molar-refractivity contribution in [2.45, 2.75) is 38.1 Å². The lowest BCUT2D eigenvalue weighted by Crippen LogP contribution is -2.40. The van der Waals surface area contributed by atoms with Crippen molar-refractivity contribution >= 4 is 17.3 Å². The van der Waals surface area contributed by atoms with E-state index in [1.54, 1.807) is 0 Å². The number of piperidine rings is 1. The molecule has 1 amide bonds. The van der Waals surface area contributed by atoms with Gasteiger partial charge in [-0.05, 0) is 50.6 Å². The fourth-order valence-corrected chi connectivity index (χ4v) is 3.09. The predicted octanol–water partition coefficient (Wildman–Crippen LogP) is 2.02. The molecule has 1 saturated heterocycles. The van der Waals surface area contributed by atoms with Crippen LogP contribution in [0.25, 0.3) is 0 Å². The average Bonchev–Trinajstić information content (AvgIpc) is 2.46. The van der Waals surface area contributed by atoms with Crippen LogP contribution in [0.5, 0.6) is 5.75 Å². The molecule has 0 spiro atoms. The van der Waals surface area contributed by atoms with Crippen molar-refractivity contribution < 1.29 is 9.53 Å². The summed E-state index contributed by atoms with van der Waals surface area (Å²) in [5, 5.41) is 2.86. The van der Waals surface area contributed by atoms with Gasteiger partial charge in [-0.25, -0.2) is 0 Å². The Bertz CT molecular complexity index is 545. The molecule has 1 atom stereocenters. The van der Waals surface area contributed by atoms with Crippen molar-refractivity contribution in [3.8, 4) is 5.75 Å². The number of nitrogens with one attached hydrogen (secondary N) is 1. The standard InChI is InChI=1S/C16H23N3O2/c1-19-7-3-2-4-12(19)10-21-15-8-11-5-6-16(20)18-14(11)9-13(15)17/h8-9,12H,2-7,10,17H2,1H3,(H,18,20). The Morgan fingerprint density at radius 2 is 2.24 bits per heavy atom. The monoisotopic (exact) mass is 289 g/mol. The zero-order valence-electron chi connectivity index (χ0n) is 12.5. The Labute approximate surface area is 125 Å². The number of hydrogen-bond acceptors (Lipinski definition) is 4. The molecule has 3 N–H and O–H groups in total. The van der Waals surface area contributed by atoms with E-state index in [0.717, 1.165) is 30.0 Å². The number of hydrogen-bond donors (Lipinski definition) is 2.